The van der Waals surface area contributed by atoms with Gasteiger partial charge in [0, 0.05) is 5.56 Å². The van der Waals surface area contributed by atoms with Gasteiger partial charge in [-0.2, -0.15) is 4.98 Å². The topological polar surface area (TPSA) is 57.4 Å². The Bertz CT molecular complexity index is 536. The van der Waals surface area contributed by atoms with Gasteiger partial charge in [-0.05, 0) is 26.0 Å². The molecule has 1 atom stereocenters. The van der Waals surface area contributed by atoms with Crippen molar-refractivity contribution >= 4 is 0 Å². The largest absolute Gasteiger partial charge is 0.347 e. The molecule has 2 heterocycles. The third-order valence-corrected chi connectivity index (χ3v) is 2.76. The van der Waals surface area contributed by atoms with Crippen LogP contribution in [0, 0.1) is 0 Å². The zero-order valence-corrected chi connectivity index (χ0v) is 10.3. The number of nitrogens with zero attached hydrogens (tertiary/aromatic N) is 2. The minimum atomic E-state index is -0.585. The first-order valence-corrected chi connectivity index (χ1v) is 5.85. The van der Waals surface area contributed by atoms with E-state index < -0.39 is 5.79 Å². The number of hydrogen-bond donors (Lipinski definition) is 0. The van der Waals surface area contributed by atoms with Gasteiger partial charge in [0.2, 0.25) is 5.82 Å². The molecule has 5 nitrogen and oxygen atoms in total. The van der Waals surface area contributed by atoms with Crippen LogP contribution in [0.15, 0.2) is 34.9 Å². The van der Waals surface area contributed by atoms with Gasteiger partial charge in [0.05, 0.1) is 6.61 Å². The van der Waals surface area contributed by atoms with Gasteiger partial charge < -0.3 is 14.0 Å². The van der Waals surface area contributed by atoms with Crippen molar-refractivity contribution in [2.75, 3.05) is 6.61 Å². The lowest BCUT2D eigenvalue weighted by molar-refractivity contribution is -0.140. The Hall–Kier alpha value is -1.72. The summed E-state index contributed by atoms with van der Waals surface area (Å²) in [6.45, 7) is 4.18. The lowest BCUT2D eigenvalue weighted by Crippen LogP contribution is -2.19. The van der Waals surface area contributed by atoms with Crippen molar-refractivity contribution in [3.05, 3.63) is 36.2 Å². The van der Waals surface area contributed by atoms with Gasteiger partial charge in [-0.25, -0.2) is 0 Å². The van der Waals surface area contributed by atoms with E-state index in [9.17, 15) is 0 Å². The summed E-state index contributed by atoms with van der Waals surface area (Å²) in [7, 11) is 0. The molecule has 3 rings (SSSR count). The molecule has 1 aliphatic heterocycles. The molecule has 1 aromatic carbocycles. The quantitative estimate of drug-likeness (QED) is 0.815. The average Bonchev–Trinajstić information content (AvgIpc) is 2.96. The lowest BCUT2D eigenvalue weighted by atomic mass is 10.2. The SMILES string of the molecule is CC1(C)OC[C@H](c2noc(-c3ccccc3)n2)O1. The first-order valence-electron chi connectivity index (χ1n) is 5.85. The minimum Gasteiger partial charge on any atom is -0.347 e. The molecule has 1 aromatic heterocycles. The van der Waals surface area contributed by atoms with E-state index >= 15 is 0 Å². The van der Waals surface area contributed by atoms with E-state index in [-0.39, 0.29) is 6.10 Å². The fraction of sp³-hybridized carbons (Fsp3) is 0.385. The zero-order chi connectivity index (χ0) is 12.6. The number of aromatic nitrogens is 2. The van der Waals surface area contributed by atoms with E-state index in [2.05, 4.69) is 10.1 Å². The minimum absolute atomic E-state index is 0.263. The van der Waals surface area contributed by atoms with Crippen molar-refractivity contribution in [3.63, 3.8) is 0 Å². The van der Waals surface area contributed by atoms with E-state index in [4.69, 9.17) is 14.0 Å². The third kappa shape index (κ3) is 2.14. The summed E-state index contributed by atoms with van der Waals surface area (Å²) < 4.78 is 16.4. The molecule has 0 radical (unpaired) electrons. The Morgan fingerprint density at radius 3 is 2.67 bits per heavy atom. The van der Waals surface area contributed by atoms with E-state index in [0.29, 0.717) is 18.3 Å². The van der Waals surface area contributed by atoms with E-state index in [1.54, 1.807) is 0 Å². The van der Waals surface area contributed by atoms with E-state index in [1.807, 2.05) is 44.2 Å². The van der Waals surface area contributed by atoms with Gasteiger partial charge in [-0.15, -0.1) is 0 Å². The van der Waals surface area contributed by atoms with Crippen LogP contribution in [0.2, 0.25) is 0 Å². The molecule has 18 heavy (non-hydrogen) atoms. The molecule has 0 aliphatic carbocycles. The summed E-state index contributed by atoms with van der Waals surface area (Å²) in [5.41, 5.74) is 0.898. The molecule has 1 fully saturated rings. The number of ether oxygens (including phenoxy) is 2. The molecule has 5 heteroatoms. The molecule has 0 unspecified atom stereocenters. The Morgan fingerprint density at radius 1 is 1.22 bits per heavy atom. The Labute approximate surface area is 105 Å². The smallest absolute Gasteiger partial charge is 0.258 e. The van der Waals surface area contributed by atoms with Gasteiger partial charge in [-0.3, -0.25) is 0 Å². The van der Waals surface area contributed by atoms with Crippen molar-refractivity contribution in [3.8, 4) is 11.5 Å². The van der Waals surface area contributed by atoms with Crippen molar-refractivity contribution in [2.24, 2.45) is 0 Å². The van der Waals surface area contributed by atoms with Gasteiger partial charge in [-0.1, -0.05) is 23.4 Å². The molecule has 1 aliphatic rings. The van der Waals surface area contributed by atoms with Crippen LogP contribution in [0.5, 0.6) is 0 Å². The zero-order valence-electron chi connectivity index (χ0n) is 10.3. The van der Waals surface area contributed by atoms with Crippen LogP contribution in [0.25, 0.3) is 11.5 Å². The van der Waals surface area contributed by atoms with Crippen molar-refractivity contribution in [1.29, 1.82) is 0 Å². The maximum atomic E-state index is 5.68. The van der Waals surface area contributed by atoms with Crippen molar-refractivity contribution in [1.82, 2.24) is 10.1 Å². The standard InChI is InChI=1S/C13H14N2O3/c1-13(2)16-8-10(17-13)11-14-12(18-15-11)9-6-4-3-5-7-9/h3-7,10H,8H2,1-2H3/t10-/m1/s1. The molecule has 0 amide bonds. The second kappa shape index (κ2) is 4.19. The predicted molar refractivity (Wildman–Crippen MR) is 63.6 cm³/mol. The van der Waals surface area contributed by atoms with Gasteiger partial charge in [0.1, 0.15) is 6.10 Å². The molecule has 0 spiro atoms. The Morgan fingerprint density at radius 2 is 2.00 bits per heavy atom. The molecular weight excluding hydrogens is 232 g/mol. The second-order valence-electron chi connectivity index (χ2n) is 4.64. The molecule has 2 aromatic rings. The molecular formula is C13H14N2O3. The van der Waals surface area contributed by atoms with Crippen LogP contribution in [-0.4, -0.2) is 22.5 Å². The first-order chi connectivity index (χ1) is 8.64. The van der Waals surface area contributed by atoms with E-state index in [0.717, 1.165) is 5.56 Å². The molecule has 1 saturated heterocycles. The maximum absolute atomic E-state index is 5.68. The normalized spacial score (nSPS) is 22.2. The Balaban J connectivity index is 1.83. The predicted octanol–water partition coefficient (Wildman–Crippen LogP) is 2.56. The van der Waals surface area contributed by atoms with Gasteiger partial charge >= 0.3 is 0 Å². The number of rotatable bonds is 2. The number of benzene rings is 1. The third-order valence-electron chi connectivity index (χ3n) is 2.76. The highest BCUT2D eigenvalue weighted by Gasteiger charge is 2.36. The highest BCUT2D eigenvalue weighted by molar-refractivity contribution is 5.52. The average molecular weight is 246 g/mol. The van der Waals surface area contributed by atoms with Crippen LogP contribution in [0.3, 0.4) is 0 Å². The maximum Gasteiger partial charge on any atom is 0.258 e. The fourth-order valence-corrected chi connectivity index (χ4v) is 1.88. The lowest BCUT2D eigenvalue weighted by Gasteiger charge is -2.15. The molecule has 0 bridgehead atoms. The number of hydrogen-bond acceptors (Lipinski definition) is 5. The fourth-order valence-electron chi connectivity index (χ4n) is 1.88. The van der Waals surface area contributed by atoms with E-state index in [1.165, 1.54) is 0 Å². The highest BCUT2D eigenvalue weighted by atomic mass is 16.7. The molecule has 94 valence electrons. The first kappa shape index (κ1) is 11.4. The van der Waals surface area contributed by atoms with Crippen LogP contribution in [0.4, 0.5) is 0 Å². The van der Waals surface area contributed by atoms with Gasteiger partial charge in [0.15, 0.2) is 5.79 Å². The molecule has 0 N–H and O–H groups in total. The highest BCUT2D eigenvalue weighted by Crippen LogP contribution is 2.32. The van der Waals surface area contributed by atoms with Crippen LogP contribution < -0.4 is 0 Å². The van der Waals surface area contributed by atoms with Crippen molar-refractivity contribution < 1.29 is 14.0 Å². The summed E-state index contributed by atoms with van der Waals surface area (Å²) in [6.07, 6.45) is -0.263. The summed E-state index contributed by atoms with van der Waals surface area (Å²) in [5, 5.41) is 3.95. The summed E-state index contributed by atoms with van der Waals surface area (Å²) in [6, 6.07) is 9.65. The van der Waals surface area contributed by atoms with Crippen LogP contribution >= 0.6 is 0 Å². The van der Waals surface area contributed by atoms with Crippen molar-refractivity contribution in [2.45, 2.75) is 25.7 Å². The Kier molecular flexibility index (Phi) is 2.65. The molecule has 0 saturated carbocycles. The second-order valence-corrected chi connectivity index (χ2v) is 4.64. The van der Waals surface area contributed by atoms with Crippen LogP contribution in [0.1, 0.15) is 25.8 Å². The summed E-state index contributed by atoms with van der Waals surface area (Å²) in [4.78, 5) is 4.35. The summed E-state index contributed by atoms with van der Waals surface area (Å²) >= 11 is 0. The summed E-state index contributed by atoms with van der Waals surface area (Å²) in [5.74, 6) is 0.441. The van der Waals surface area contributed by atoms with Crippen LogP contribution in [-0.2, 0) is 9.47 Å². The van der Waals surface area contributed by atoms with Gasteiger partial charge in [0.25, 0.3) is 5.89 Å². The monoisotopic (exact) mass is 246 g/mol.